The summed E-state index contributed by atoms with van der Waals surface area (Å²) >= 11 is 0. The molecule has 3 aromatic carbocycles. The van der Waals surface area contributed by atoms with E-state index < -0.39 is 11.5 Å². The number of hydrogen-bond donors (Lipinski definition) is 3. The molecule has 0 aliphatic carbocycles. The molecule has 0 unspecified atom stereocenters. The summed E-state index contributed by atoms with van der Waals surface area (Å²) in [4.78, 5) is 34.6. The molecule has 0 aliphatic rings. The van der Waals surface area contributed by atoms with E-state index in [4.69, 9.17) is 0 Å². The number of carbonyl (C=O) groups is 1. The van der Waals surface area contributed by atoms with Crippen molar-refractivity contribution in [3.63, 3.8) is 0 Å². The molecular weight excluding hydrogens is 452 g/mol. The van der Waals surface area contributed by atoms with Crippen molar-refractivity contribution in [2.45, 2.75) is 6.92 Å². The minimum Gasteiger partial charge on any atom is -0.340 e. The van der Waals surface area contributed by atoms with Gasteiger partial charge in [-0.1, -0.05) is 60.7 Å². The zero-order chi connectivity index (χ0) is 24.9. The van der Waals surface area contributed by atoms with E-state index in [2.05, 4.69) is 30.8 Å². The van der Waals surface area contributed by atoms with Crippen molar-refractivity contribution in [3.8, 4) is 22.4 Å². The average Bonchev–Trinajstić information content (AvgIpc) is 2.90. The molecule has 3 N–H and O–H groups in total. The van der Waals surface area contributed by atoms with Crippen LogP contribution in [0.25, 0.3) is 22.4 Å². The van der Waals surface area contributed by atoms with E-state index in [1.54, 1.807) is 12.1 Å². The van der Waals surface area contributed by atoms with Crippen LogP contribution in [0.5, 0.6) is 0 Å². The Hall–Kier alpha value is -5.11. The largest absolute Gasteiger partial charge is 0.340 e. The van der Waals surface area contributed by atoms with Crippen molar-refractivity contribution in [3.05, 3.63) is 119 Å². The maximum Gasteiger partial charge on any atom is 0.277 e. The van der Waals surface area contributed by atoms with Gasteiger partial charge >= 0.3 is 0 Å². The Morgan fingerprint density at radius 2 is 1.44 bits per heavy atom. The Morgan fingerprint density at radius 3 is 2.11 bits per heavy atom. The molecule has 8 heteroatoms. The van der Waals surface area contributed by atoms with E-state index >= 15 is 0 Å². The highest BCUT2D eigenvalue weighted by Crippen LogP contribution is 2.32. The Bertz CT molecular complexity index is 1570. The number of aromatic amines is 1. The molecular formula is C28H22N6O2. The Labute approximate surface area is 207 Å². The monoisotopic (exact) mass is 474 g/mol. The summed E-state index contributed by atoms with van der Waals surface area (Å²) < 4.78 is 0. The van der Waals surface area contributed by atoms with E-state index in [1.165, 1.54) is 6.33 Å². The summed E-state index contributed by atoms with van der Waals surface area (Å²) in [6.45, 7) is 1.89. The van der Waals surface area contributed by atoms with Crippen LogP contribution in [0, 0.1) is 6.92 Å². The summed E-state index contributed by atoms with van der Waals surface area (Å²) in [7, 11) is 0. The zero-order valence-corrected chi connectivity index (χ0v) is 19.4. The number of benzene rings is 3. The van der Waals surface area contributed by atoms with Gasteiger partial charge in [0.2, 0.25) is 0 Å². The molecule has 0 saturated heterocycles. The zero-order valence-electron chi connectivity index (χ0n) is 19.4. The summed E-state index contributed by atoms with van der Waals surface area (Å²) in [6.07, 6.45) is 1.49. The van der Waals surface area contributed by atoms with Crippen LogP contribution in [0.15, 0.2) is 102 Å². The molecule has 1 amide bonds. The van der Waals surface area contributed by atoms with E-state index in [0.29, 0.717) is 22.8 Å². The summed E-state index contributed by atoms with van der Waals surface area (Å²) in [5.41, 5.74) is 4.12. The molecule has 8 nitrogen and oxygen atoms in total. The highest BCUT2D eigenvalue weighted by atomic mass is 16.2. The van der Waals surface area contributed by atoms with E-state index in [-0.39, 0.29) is 5.56 Å². The number of aromatic nitrogens is 4. The van der Waals surface area contributed by atoms with Gasteiger partial charge < -0.3 is 10.6 Å². The highest BCUT2D eigenvalue weighted by molar-refractivity contribution is 6.10. The lowest BCUT2D eigenvalue weighted by atomic mass is 9.95. The fourth-order valence-corrected chi connectivity index (χ4v) is 3.86. The fourth-order valence-electron chi connectivity index (χ4n) is 3.86. The van der Waals surface area contributed by atoms with Gasteiger partial charge in [0.05, 0.1) is 5.69 Å². The number of nitrogens with zero attached hydrogens (tertiary/aromatic N) is 3. The number of aryl methyl sites for hydroxylation is 1. The Balaban J connectivity index is 1.48. The van der Waals surface area contributed by atoms with Crippen molar-refractivity contribution >= 4 is 23.1 Å². The van der Waals surface area contributed by atoms with Gasteiger partial charge in [0.1, 0.15) is 17.7 Å². The second-order valence-corrected chi connectivity index (χ2v) is 8.08. The van der Waals surface area contributed by atoms with Gasteiger partial charge in [0.15, 0.2) is 0 Å². The molecule has 36 heavy (non-hydrogen) atoms. The minimum atomic E-state index is -0.566. The SMILES string of the molecule is Cc1cc(Nc2ccc(NC(=O)c3c(-c4ccccc4)c(-c4ccccc4)n[nH]c3=O)cc2)ncn1. The maximum atomic E-state index is 13.4. The number of carbonyl (C=O) groups excluding carboxylic acids is 1. The van der Waals surface area contributed by atoms with Crippen LogP contribution < -0.4 is 16.2 Å². The van der Waals surface area contributed by atoms with Crippen molar-refractivity contribution in [1.29, 1.82) is 0 Å². The quantitative estimate of drug-likeness (QED) is 0.312. The van der Waals surface area contributed by atoms with Crippen LogP contribution in [-0.4, -0.2) is 26.1 Å². The molecule has 0 spiro atoms. The van der Waals surface area contributed by atoms with E-state index in [0.717, 1.165) is 22.5 Å². The molecule has 0 saturated carbocycles. The Morgan fingerprint density at radius 1 is 0.806 bits per heavy atom. The molecule has 0 fully saturated rings. The lowest BCUT2D eigenvalue weighted by Crippen LogP contribution is -2.26. The molecule has 0 aliphatic heterocycles. The molecule has 0 atom stereocenters. The Kier molecular flexibility index (Phi) is 6.31. The third-order valence-corrected chi connectivity index (χ3v) is 5.54. The number of amides is 1. The van der Waals surface area contributed by atoms with Crippen LogP contribution in [0.3, 0.4) is 0 Å². The number of nitrogens with one attached hydrogen (secondary N) is 3. The number of hydrogen-bond acceptors (Lipinski definition) is 6. The van der Waals surface area contributed by atoms with Crippen LogP contribution in [0.2, 0.25) is 0 Å². The second kappa shape index (κ2) is 10.0. The van der Waals surface area contributed by atoms with Crippen molar-refractivity contribution in [2.24, 2.45) is 0 Å². The van der Waals surface area contributed by atoms with Crippen LogP contribution in [0.4, 0.5) is 17.2 Å². The smallest absolute Gasteiger partial charge is 0.277 e. The van der Waals surface area contributed by atoms with Gasteiger partial charge in [-0.15, -0.1) is 0 Å². The van der Waals surface area contributed by atoms with Gasteiger partial charge in [0, 0.05) is 34.3 Å². The predicted octanol–water partition coefficient (Wildman–Crippen LogP) is 5.20. The van der Waals surface area contributed by atoms with Crippen molar-refractivity contribution < 1.29 is 4.79 Å². The second-order valence-electron chi connectivity index (χ2n) is 8.08. The first kappa shape index (κ1) is 22.7. The maximum absolute atomic E-state index is 13.4. The molecule has 2 heterocycles. The first-order valence-electron chi connectivity index (χ1n) is 11.3. The highest BCUT2D eigenvalue weighted by Gasteiger charge is 2.23. The third-order valence-electron chi connectivity index (χ3n) is 5.54. The third kappa shape index (κ3) is 4.88. The lowest BCUT2D eigenvalue weighted by Gasteiger charge is -2.14. The first-order valence-corrected chi connectivity index (χ1v) is 11.3. The first-order chi connectivity index (χ1) is 17.6. The van der Waals surface area contributed by atoms with Crippen LogP contribution in [-0.2, 0) is 0 Å². The molecule has 5 aromatic rings. The predicted molar refractivity (Wildman–Crippen MR) is 140 cm³/mol. The fraction of sp³-hybridized carbons (Fsp3) is 0.0357. The summed E-state index contributed by atoms with van der Waals surface area (Å²) in [5, 5.41) is 12.8. The lowest BCUT2D eigenvalue weighted by molar-refractivity contribution is 0.102. The van der Waals surface area contributed by atoms with Gasteiger partial charge in [-0.3, -0.25) is 9.59 Å². The summed E-state index contributed by atoms with van der Waals surface area (Å²) in [5.74, 6) is 0.144. The van der Waals surface area contributed by atoms with Gasteiger partial charge in [-0.05, 0) is 36.8 Å². The van der Waals surface area contributed by atoms with E-state index in [9.17, 15) is 9.59 Å². The van der Waals surface area contributed by atoms with Crippen molar-refractivity contribution in [2.75, 3.05) is 10.6 Å². The average molecular weight is 475 g/mol. The number of anilines is 3. The molecule has 2 aromatic heterocycles. The summed E-state index contributed by atoms with van der Waals surface area (Å²) in [6, 6.07) is 27.7. The number of rotatable bonds is 6. The van der Waals surface area contributed by atoms with Gasteiger partial charge in [-0.2, -0.15) is 5.10 Å². The van der Waals surface area contributed by atoms with Crippen molar-refractivity contribution in [1.82, 2.24) is 20.2 Å². The topological polar surface area (TPSA) is 113 Å². The van der Waals surface area contributed by atoms with Gasteiger partial charge in [-0.25, -0.2) is 15.1 Å². The number of H-pyrrole nitrogens is 1. The minimum absolute atomic E-state index is 0.00582. The standard InChI is InChI=1S/C28H22N6O2/c1-18-16-23(30-17-29-18)31-21-12-14-22(15-13-21)32-27(35)25-24(19-8-4-2-5-9-19)26(33-34-28(25)36)20-10-6-3-7-11-20/h2-17H,1H3,(H,32,35)(H,34,36)(H,29,30,31). The molecule has 0 radical (unpaired) electrons. The van der Waals surface area contributed by atoms with E-state index in [1.807, 2.05) is 85.8 Å². The van der Waals surface area contributed by atoms with Crippen LogP contribution >= 0.6 is 0 Å². The molecule has 176 valence electrons. The van der Waals surface area contributed by atoms with Gasteiger partial charge in [0.25, 0.3) is 11.5 Å². The molecule has 5 rings (SSSR count). The van der Waals surface area contributed by atoms with Crippen LogP contribution in [0.1, 0.15) is 16.1 Å². The molecule has 0 bridgehead atoms. The normalized spacial score (nSPS) is 10.6.